The van der Waals surface area contributed by atoms with Gasteiger partial charge in [-0.2, -0.15) is 0 Å². The highest BCUT2D eigenvalue weighted by atomic mass is 16.6. The van der Waals surface area contributed by atoms with Crippen molar-refractivity contribution in [2.75, 3.05) is 5.32 Å². The predicted octanol–water partition coefficient (Wildman–Crippen LogP) is 5.56. The molecule has 1 aliphatic carbocycles. The summed E-state index contributed by atoms with van der Waals surface area (Å²) in [7, 11) is 0. The lowest BCUT2D eigenvalue weighted by Gasteiger charge is -2.14. The Morgan fingerprint density at radius 1 is 0.967 bits per heavy atom. The first-order valence-electron chi connectivity index (χ1n) is 10.3. The Balaban J connectivity index is 1.43. The quantitative estimate of drug-likeness (QED) is 0.330. The second-order valence-electron chi connectivity index (χ2n) is 7.70. The number of benzene rings is 2. The summed E-state index contributed by atoms with van der Waals surface area (Å²) >= 11 is 0. The summed E-state index contributed by atoms with van der Waals surface area (Å²) in [6.07, 6.45) is 8.40. The number of carbonyl (C=O) groups excluding carboxylic acids is 1. The molecule has 1 fully saturated rings. The molecule has 2 N–H and O–H groups in total. The van der Waals surface area contributed by atoms with Gasteiger partial charge in [-0.15, -0.1) is 0 Å². The number of aromatic nitrogens is 2. The monoisotopic (exact) mass is 404 g/mol. The van der Waals surface area contributed by atoms with Gasteiger partial charge in [0, 0.05) is 29.3 Å². The second kappa shape index (κ2) is 8.90. The van der Waals surface area contributed by atoms with Crippen LogP contribution in [0.3, 0.4) is 0 Å². The standard InChI is InChI=1S/C23H24N4O3/c28-23(18-5-3-1-2-4-6-18)25-19-11-7-16(8-12-19)21-15-24-22(26-21)17-9-13-20(14-10-17)27(29)30/h7-15,18H,1-6H2,(H,24,26)(H,25,28). The molecule has 0 unspecified atom stereocenters. The van der Waals surface area contributed by atoms with Gasteiger partial charge in [-0.3, -0.25) is 14.9 Å². The first-order chi connectivity index (χ1) is 14.6. The molecular weight excluding hydrogens is 380 g/mol. The number of amides is 1. The van der Waals surface area contributed by atoms with E-state index in [0.29, 0.717) is 5.82 Å². The molecule has 3 aromatic rings. The molecule has 1 heterocycles. The maximum Gasteiger partial charge on any atom is 0.269 e. The molecule has 0 atom stereocenters. The molecule has 1 aliphatic rings. The van der Waals surface area contributed by atoms with E-state index in [0.717, 1.165) is 48.2 Å². The Kier molecular flexibility index (Phi) is 5.88. The molecule has 4 rings (SSSR count). The van der Waals surface area contributed by atoms with Crippen molar-refractivity contribution in [2.45, 2.75) is 38.5 Å². The summed E-state index contributed by atoms with van der Waals surface area (Å²) in [4.78, 5) is 30.5. The number of non-ortho nitro benzene ring substituents is 1. The van der Waals surface area contributed by atoms with Gasteiger partial charge in [-0.05, 0) is 42.7 Å². The Morgan fingerprint density at radius 3 is 2.23 bits per heavy atom. The molecule has 0 radical (unpaired) electrons. The van der Waals surface area contributed by atoms with Crippen molar-refractivity contribution in [3.8, 4) is 22.6 Å². The first kappa shape index (κ1) is 19.8. The minimum Gasteiger partial charge on any atom is -0.338 e. The van der Waals surface area contributed by atoms with Crippen LogP contribution in [0.4, 0.5) is 11.4 Å². The lowest BCUT2D eigenvalue weighted by molar-refractivity contribution is -0.384. The molecule has 1 amide bonds. The Morgan fingerprint density at radius 2 is 1.60 bits per heavy atom. The van der Waals surface area contributed by atoms with Crippen LogP contribution < -0.4 is 5.32 Å². The number of rotatable bonds is 5. The van der Waals surface area contributed by atoms with E-state index in [9.17, 15) is 14.9 Å². The van der Waals surface area contributed by atoms with Crippen LogP contribution in [0.1, 0.15) is 38.5 Å². The van der Waals surface area contributed by atoms with Gasteiger partial charge in [0.15, 0.2) is 0 Å². The number of H-pyrrole nitrogens is 1. The smallest absolute Gasteiger partial charge is 0.269 e. The van der Waals surface area contributed by atoms with Crippen LogP contribution in [-0.2, 0) is 4.79 Å². The van der Waals surface area contributed by atoms with Crippen molar-refractivity contribution >= 4 is 17.3 Å². The van der Waals surface area contributed by atoms with E-state index in [2.05, 4.69) is 15.3 Å². The average Bonchev–Trinajstić information content (AvgIpc) is 3.09. The molecule has 7 nitrogen and oxygen atoms in total. The molecule has 1 saturated carbocycles. The van der Waals surface area contributed by atoms with Crippen LogP contribution in [0.25, 0.3) is 22.6 Å². The number of hydrogen-bond acceptors (Lipinski definition) is 4. The zero-order chi connectivity index (χ0) is 20.9. The number of carbonyl (C=O) groups is 1. The fraction of sp³-hybridized carbons (Fsp3) is 0.304. The maximum absolute atomic E-state index is 12.5. The van der Waals surface area contributed by atoms with Gasteiger partial charge in [0.25, 0.3) is 5.69 Å². The molecule has 0 saturated heterocycles. The molecule has 0 spiro atoms. The van der Waals surface area contributed by atoms with E-state index in [1.807, 2.05) is 24.3 Å². The van der Waals surface area contributed by atoms with Gasteiger partial charge in [0.05, 0.1) is 16.8 Å². The van der Waals surface area contributed by atoms with Crippen LogP contribution in [-0.4, -0.2) is 20.8 Å². The summed E-state index contributed by atoms with van der Waals surface area (Å²) in [6, 6.07) is 13.9. The van der Waals surface area contributed by atoms with Crippen LogP contribution in [0.5, 0.6) is 0 Å². The third-order valence-corrected chi connectivity index (χ3v) is 5.62. The lowest BCUT2D eigenvalue weighted by atomic mass is 9.99. The van der Waals surface area contributed by atoms with Crippen molar-refractivity contribution in [3.63, 3.8) is 0 Å². The number of nitro benzene ring substituents is 1. The van der Waals surface area contributed by atoms with E-state index in [4.69, 9.17) is 0 Å². The van der Waals surface area contributed by atoms with Gasteiger partial charge in [0.1, 0.15) is 5.82 Å². The Bertz CT molecular complexity index is 1020. The van der Waals surface area contributed by atoms with Gasteiger partial charge in [0.2, 0.25) is 5.91 Å². The zero-order valence-electron chi connectivity index (χ0n) is 16.6. The molecule has 0 bridgehead atoms. The summed E-state index contributed by atoms with van der Waals surface area (Å²) in [5.41, 5.74) is 3.40. The molecule has 154 valence electrons. The predicted molar refractivity (Wildman–Crippen MR) is 116 cm³/mol. The van der Waals surface area contributed by atoms with E-state index in [1.165, 1.54) is 25.0 Å². The van der Waals surface area contributed by atoms with E-state index in [-0.39, 0.29) is 17.5 Å². The molecule has 30 heavy (non-hydrogen) atoms. The van der Waals surface area contributed by atoms with Crippen molar-refractivity contribution in [2.24, 2.45) is 5.92 Å². The van der Waals surface area contributed by atoms with Crippen LogP contribution in [0.2, 0.25) is 0 Å². The van der Waals surface area contributed by atoms with Gasteiger partial charge >= 0.3 is 0 Å². The van der Waals surface area contributed by atoms with Crippen molar-refractivity contribution in [3.05, 3.63) is 64.8 Å². The molecular formula is C23H24N4O3. The molecule has 1 aromatic heterocycles. The van der Waals surface area contributed by atoms with Gasteiger partial charge in [-0.1, -0.05) is 37.8 Å². The number of nitrogens with one attached hydrogen (secondary N) is 2. The van der Waals surface area contributed by atoms with Crippen LogP contribution >= 0.6 is 0 Å². The van der Waals surface area contributed by atoms with Crippen LogP contribution in [0.15, 0.2) is 54.7 Å². The topological polar surface area (TPSA) is 101 Å². The fourth-order valence-corrected chi connectivity index (χ4v) is 3.87. The Labute approximate surface area is 174 Å². The van der Waals surface area contributed by atoms with E-state index < -0.39 is 4.92 Å². The normalized spacial score (nSPS) is 14.8. The number of hydrogen-bond donors (Lipinski definition) is 2. The fourth-order valence-electron chi connectivity index (χ4n) is 3.87. The van der Waals surface area contributed by atoms with Crippen molar-refractivity contribution in [1.82, 2.24) is 9.97 Å². The molecule has 0 aliphatic heterocycles. The maximum atomic E-state index is 12.5. The minimum absolute atomic E-state index is 0.0482. The van der Waals surface area contributed by atoms with Crippen molar-refractivity contribution < 1.29 is 9.72 Å². The number of aromatic amines is 1. The first-order valence-corrected chi connectivity index (χ1v) is 10.3. The zero-order valence-corrected chi connectivity index (χ0v) is 16.6. The Hall–Kier alpha value is -3.48. The lowest BCUT2D eigenvalue weighted by Crippen LogP contribution is -2.22. The van der Waals surface area contributed by atoms with E-state index >= 15 is 0 Å². The number of nitrogens with zero attached hydrogens (tertiary/aromatic N) is 2. The average molecular weight is 404 g/mol. The summed E-state index contributed by atoms with van der Waals surface area (Å²) in [5, 5.41) is 13.8. The number of nitro groups is 1. The van der Waals surface area contributed by atoms with Gasteiger partial charge < -0.3 is 10.3 Å². The highest BCUT2D eigenvalue weighted by molar-refractivity contribution is 5.92. The number of imidazole rings is 1. The largest absolute Gasteiger partial charge is 0.338 e. The molecule has 7 heteroatoms. The SMILES string of the molecule is O=C(Nc1ccc(-c2cnc(-c3ccc([N+](=O)[O-])cc3)[nH]2)cc1)C1CCCCCC1. The number of anilines is 1. The summed E-state index contributed by atoms with van der Waals surface area (Å²) < 4.78 is 0. The second-order valence-corrected chi connectivity index (χ2v) is 7.70. The van der Waals surface area contributed by atoms with Crippen LogP contribution in [0, 0.1) is 16.0 Å². The summed E-state index contributed by atoms with van der Waals surface area (Å²) in [6.45, 7) is 0. The molecule has 2 aromatic carbocycles. The highest BCUT2D eigenvalue weighted by Gasteiger charge is 2.20. The summed E-state index contributed by atoms with van der Waals surface area (Å²) in [5.74, 6) is 0.876. The van der Waals surface area contributed by atoms with Crippen molar-refractivity contribution in [1.29, 1.82) is 0 Å². The van der Waals surface area contributed by atoms with E-state index in [1.54, 1.807) is 18.3 Å². The minimum atomic E-state index is -0.423. The van der Waals surface area contributed by atoms with Gasteiger partial charge in [-0.25, -0.2) is 4.98 Å². The highest BCUT2D eigenvalue weighted by Crippen LogP contribution is 2.27. The third kappa shape index (κ3) is 4.56. The third-order valence-electron chi connectivity index (χ3n) is 5.62.